The smallest absolute Gasteiger partial charge is 0.358 e. The number of benzene rings is 1. The van der Waals surface area contributed by atoms with Gasteiger partial charge in [0, 0.05) is 17.4 Å². The molecule has 1 aromatic heterocycles. The number of aryl methyl sites for hydroxylation is 1. The number of carbonyl (C=O) groups excluding carboxylic acids is 2. The van der Waals surface area contributed by atoms with Crippen molar-refractivity contribution in [3.8, 4) is 10.6 Å². The van der Waals surface area contributed by atoms with Gasteiger partial charge < -0.3 is 9.47 Å². The van der Waals surface area contributed by atoms with Gasteiger partial charge in [-0.15, -0.1) is 11.3 Å². The van der Waals surface area contributed by atoms with Crippen LogP contribution in [0.15, 0.2) is 29.6 Å². The highest BCUT2D eigenvalue weighted by Crippen LogP contribution is 2.24. The summed E-state index contributed by atoms with van der Waals surface area (Å²) in [6, 6.07) is 7.89. The zero-order chi connectivity index (χ0) is 14.8. The Morgan fingerprint density at radius 2 is 2.14 bits per heavy atom. The molecule has 0 N–H and O–H groups in total. The van der Waals surface area contributed by atoms with Crippen LogP contribution in [0, 0.1) is 6.92 Å². The zero-order valence-electron chi connectivity index (χ0n) is 11.4. The van der Waals surface area contributed by atoms with Gasteiger partial charge in [0.15, 0.2) is 5.69 Å². The van der Waals surface area contributed by atoms with Gasteiger partial charge in [0.25, 0.3) is 0 Å². The van der Waals surface area contributed by atoms with Crippen molar-refractivity contribution in [3.05, 3.63) is 40.9 Å². The summed E-state index contributed by atoms with van der Waals surface area (Å²) in [6.45, 7) is 2.30. The standard InChI is InChI=1S/C15H13NO4S/c1-9-2-4-10(5-3-9)13-16-11(8-21-13)14(17)20-12-6-7-19-15(12)18/h2-5,8,12H,6-7H2,1H3/t12-/m0/s1. The fraction of sp³-hybridized carbons (Fsp3) is 0.267. The summed E-state index contributed by atoms with van der Waals surface area (Å²) in [5, 5.41) is 2.38. The Kier molecular flexibility index (Phi) is 3.70. The van der Waals surface area contributed by atoms with Crippen LogP contribution in [0.5, 0.6) is 0 Å². The maximum atomic E-state index is 12.0. The summed E-state index contributed by atoms with van der Waals surface area (Å²) in [5.74, 6) is -1.08. The number of aromatic nitrogens is 1. The molecule has 1 fully saturated rings. The molecule has 0 aliphatic carbocycles. The van der Waals surface area contributed by atoms with E-state index < -0.39 is 18.0 Å². The molecule has 1 aliphatic heterocycles. The average Bonchev–Trinajstić information content (AvgIpc) is 3.10. The minimum atomic E-state index is -0.804. The lowest BCUT2D eigenvalue weighted by Gasteiger charge is -2.05. The lowest BCUT2D eigenvalue weighted by Crippen LogP contribution is -2.22. The van der Waals surface area contributed by atoms with E-state index in [0.717, 1.165) is 16.1 Å². The van der Waals surface area contributed by atoms with Crippen LogP contribution in [0.25, 0.3) is 10.6 Å². The van der Waals surface area contributed by atoms with Crippen molar-refractivity contribution in [2.75, 3.05) is 6.61 Å². The Hall–Kier alpha value is -2.21. The number of rotatable bonds is 3. The summed E-state index contributed by atoms with van der Waals surface area (Å²) in [6.07, 6.45) is -0.401. The highest BCUT2D eigenvalue weighted by Gasteiger charge is 2.31. The molecule has 1 atom stereocenters. The second kappa shape index (κ2) is 5.65. The third-order valence-electron chi connectivity index (χ3n) is 3.15. The van der Waals surface area contributed by atoms with Crippen molar-refractivity contribution >= 4 is 23.3 Å². The lowest BCUT2D eigenvalue weighted by atomic mass is 10.2. The van der Waals surface area contributed by atoms with E-state index in [1.165, 1.54) is 11.3 Å². The van der Waals surface area contributed by atoms with Gasteiger partial charge in [0.1, 0.15) is 5.01 Å². The van der Waals surface area contributed by atoms with Crippen molar-refractivity contribution in [1.29, 1.82) is 0 Å². The molecule has 0 spiro atoms. The van der Waals surface area contributed by atoms with Crippen molar-refractivity contribution < 1.29 is 19.1 Å². The van der Waals surface area contributed by atoms with Gasteiger partial charge in [-0.3, -0.25) is 0 Å². The lowest BCUT2D eigenvalue weighted by molar-refractivity contribution is -0.145. The second-order valence-corrected chi connectivity index (χ2v) is 5.61. The van der Waals surface area contributed by atoms with Crippen LogP contribution in [0.2, 0.25) is 0 Å². The van der Waals surface area contributed by atoms with Crippen molar-refractivity contribution in [2.45, 2.75) is 19.4 Å². The van der Waals surface area contributed by atoms with E-state index in [2.05, 4.69) is 4.98 Å². The second-order valence-electron chi connectivity index (χ2n) is 4.75. The number of hydrogen-bond acceptors (Lipinski definition) is 6. The number of esters is 2. The average molecular weight is 303 g/mol. The van der Waals surface area contributed by atoms with Gasteiger partial charge in [-0.1, -0.05) is 29.8 Å². The number of nitrogens with zero attached hydrogens (tertiary/aromatic N) is 1. The first-order valence-corrected chi connectivity index (χ1v) is 7.41. The highest BCUT2D eigenvalue weighted by molar-refractivity contribution is 7.13. The maximum absolute atomic E-state index is 12.0. The van der Waals surface area contributed by atoms with Crippen LogP contribution < -0.4 is 0 Å². The first-order chi connectivity index (χ1) is 10.1. The first kappa shape index (κ1) is 13.8. The van der Waals surface area contributed by atoms with Gasteiger partial charge in [0.05, 0.1) is 6.61 Å². The molecule has 1 saturated heterocycles. The predicted octanol–water partition coefficient (Wildman–Crippen LogP) is 2.59. The molecule has 6 heteroatoms. The number of hydrogen-bond donors (Lipinski definition) is 0. The molecule has 5 nitrogen and oxygen atoms in total. The van der Waals surface area contributed by atoms with Gasteiger partial charge in [0.2, 0.25) is 6.10 Å². The van der Waals surface area contributed by atoms with E-state index in [9.17, 15) is 9.59 Å². The van der Waals surface area contributed by atoms with Crippen LogP contribution in [-0.4, -0.2) is 29.6 Å². The van der Waals surface area contributed by atoms with Gasteiger partial charge in [-0.05, 0) is 6.92 Å². The summed E-state index contributed by atoms with van der Waals surface area (Å²) >= 11 is 1.37. The monoisotopic (exact) mass is 303 g/mol. The fourth-order valence-electron chi connectivity index (χ4n) is 1.97. The van der Waals surface area contributed by atoms with Crippen molar-refractivity contribution in [2.24, 2.45) is 0 Å². The van der Waals surface area contributed by atoms with Crippen molar-refractivity contribution in [3.63, 3.8) is 0 Å². The Bertz CT molecular complexity index is 677. The number of carbonyl (C=O) groups is 2. The summed E-state index contributed by atoms with van der Waals surface area (Å²) in [5.41, 5.74) is 2.33. The van der Waals surface area contributed by atoms with E-state index in [1.54, 1.807) is 5.38 Å². The predicted molar refractivity (Wildman–Crippen MR) is 77.1 cm³/mol. The summed E-state index contributed by atoms with van der Waals surface area (Å²) < 4.78 is 9.86. The zero-order valence-corrected chi connectivity index (χ0v) is 12.2. The van der Waals surface area contributed by atoms with E-state index in [1.807, 2.05) is 31.2 Å². The highest BCUT2D eigenvalue weighted by atomic mass is 32.1. The minimum absolute atomic E-state index is 0.218. The quantitative estimate of drug-likeness (QED) is 0.815. The molecule has 108 valence electrons. The molecular formula is C15H13NO4S. The Morgan fingerprint density at radius 1 is 1.38 bits per heavy atom. The first-order valence-electron chi connectivity index (χ1n) is 6.53. The SMILES string of the molecule is Cc1ccc(-c2nc(C(=O)O[C@H]3CCOC3=O)cs2)cc1. The maximum Gasteiger partial charge on any atom is 0.358 e. The third kappa shape index (κ3) is 2.95. The Labute approximate surface area is 125 Å². The largest absolute Gasteiger partial charge is 0.463 e. The molecule has 2 heterocycles. The van der Waals surface area contributed by atoms with Gasteiger partial charge in [-0.25, -0.2) is 14.6 Å². The molecule has 0 radical (unpaired) electrons. The molecule has 21 heavy (non-hydrogen) atoms. The Balaban J connectivity index is 1.73. The van der Waals surface area contributed by atoms with E-state index >= 15 is 0 Å². The van der Waals surface area contributed by atoms with Gasteiger partial charge >= 0.3 is 11.9 Å². The van der Waals surface area contributed by atoms with Crippen LogP contribution in [0.1, 0.15) is 22.5 Å². The third-order valence-corrected chi connectivity index (χ3v) is 4.04. The van der Waals surface area contributed by atoms with E-state index in [4.69, 9.17) is 9.47 Å². The molecule has 1 aliphatic rings. The summed E-state index contributed by atoms with van der Waals surface area (Å²) in [4.78, 5) is 27.5. The molecule has 0 saturated carbocycles. The van der Waals surface area contributed by atoms with Crippen LogP contribution in [0.3, 0.4) is 0 Å². The molecule has 1 aromatic carbocycles. The number of thiazole rings is 1. The number of ether oxygens (including phenoxy) is 2. The molecule has 3 rings (SSSR count). The normalized spacial score (nSPS) is 17.6. The number of cyclic esters (lactones) is 1. The van der Waals surface area contributed by atoms with E-state index in [0.29, 0.717) is 13.0 Å². The fourth-order valence-corrected chi connectivity index (χ4v) is 2.77. The molecule has 0 bridgehead atoms. The Morgan fingerprint density at radius 3 is 2.81 bits per heavy atom. The van der Waals surface area contributed by atoms with Crippen LogP contribution in [0.4, 0.5) is 0 Å². The topological polar surface area (TPSA) is 65.5 Å². The molecule has 0 amide bonds. The molecule has 0 unspecified atom stereocenters. The van der Waals surface area contributed by atoms with Crippen molar-refractivity contribution in [1.82, 2.24) is 4.98 Å². The summed E-state index contributed by atoms with van der Waals surface area (Å²) in [7, 11) is 0. The van der Waals surface area contributed by atoms with E-state index in [-0.39, 0.29) is 5.69 Å². The molecule has 2 aromatic rings. The minimum Gasteiger partial charge on any atom is -0.463 e. The van der Waals surface area contributed by atoms with Crippen LogP contribution in [-0.2, 0) is 14.3 Å². The van der Waals surface area contributed by atoms with Crippen LogP contribution >= 0.6 is 11.3 Å². The van der Waals surface area contributed by atoms with Gasteiger partial charge in [-0.2, -0.15) is 0 Å². The molecular weight excluding hydrogens is 290 g/mol.